The van der Waals surface area contributed by atoms with Gasteiger partial charge < -0.3 is 9.80 Å². The van der Waals surface area contributed by atoms with Crippen LogP contribution in [0.4, 0.5) is 18.9 Å². The molecule has 3 heterocycles. The van der Waals surface area contributed by atoms with Gasteiger partial charge in [0.15, 0.2) is 0 Å². The van der Waals surface area contributed by atoms with Gasteiger partial charge in [-0.15, -0.1) is 12.4 Å². The average Bonchev–Trinajstić information content (AvgIpc) is 3.00. The molecule has 1 aromatic rings. The van der Waals surface area contributed by atoms with Gasteiger partial charge in [0.2, 0.25) is 5.91 Å². The van der Waals surface area contributed by atoms with E-state index in [2.05, 4.69) is 9.88 Å². The van der Waals surface area contributed by atoms with Crippen LogP contribution in [-0.4, -0.2) is 66.0 Å². The molecular weight excluding hydrogens is 405 g/mol. The lowest BCUT2D eigenvalue weighted by atomic mass is 9.91. The van der Waals surface area contributed by atoms with Crippen LogP contribution in [0.15, 0.2) is 18.3 Å². The molecule has 0 aromatic carbocycles. The predicted octanol–water partition coefficient (Wildman–Crippen LogP) is 3.44. The molecule has 3 fully saturated rings. The standard InChI is InChI=1S/C20H27F3N4O.ClH/c21-20(22,23)18-13-17(5-7-24-18)27-10-6-15(14-27)19(28)26-9-2-8-25(11-12-26)16-3-1-4-16;/h5,7,13,15-16H,1-4,6,8-12,14H2;1H. The van der Waals surface area contributed by atoms with Crippen molar-refractivity contribution in [2.45, 2.75) is 44.3 Å². The van der Waals surface area contributed by atoms with Crippen molar-refractivity contribution in [2.24, 2.45) is 5.92 Å². The number of amides is 1. The van der Waals surface area contributed by atoms with E-state index < -0.39 is 11.9 Å². The van der Waals surface area contributed by atoms with Crippen molar-refractivity contribution in [1.29, 1.82) is 0 Å². The minimum atomic E-state index is -4.46. The molecular formula is C20H28ClF3N4O. The van der Waals surface area contributed by atoms with Gasteiger partial charge >= 0.3 is 6.18 Å². The zero-order valence-corrected chi connectivity index (χ0v) is 17.2. The molecule has 4 rings (SSSR count). The molecule has 1 unspecified atom stereocenters. The van der Waals surface area contributed by atoms with E-state index in [0.717, 1.165) is 38.7 Å². The van der Waals surface area contributed by atoms with Gasteiger partial charge in [-0.1, -0.05) is 6.42 Å². The summed E-state index contributed by atoms with van der Waals surface area (Å²) in [6.07, 6.45) is 2.28. The number of halogens is 4. The first-order chi connectivity index (χ1) is 13.4. The number of nitrogens with zero attached hydrogens (tertiary/aromatic N) is 4. The molecule has 1 amide bonds. The zero-order chi connectivity index (χ0) is 19.7. The van der Waals surface area contributed by atoms with E-state index in [4.69, 9.17) is 0 Å². The van der Waals surface area contributed by atoms with Gasteiger partial charge in [-0.3, -0.25) is 14.7 Å². The molecule has 0 radical (unpaired) electrons. The number of pyridine rings is 1. The molecule has 1 aromatic heterocycles. The van der Waals surface area contributed by atoms with Gasteiger partial charge in [-0.05, 0) is 37.8 Å². The van der Waals surface area contributed by atoms with E-state index in [-0.39, 0.29) is 24.2 Å². The first-order valence-electron chi connectivity index (χ1n) is 10.2. The molecule has 9 heteroatoms. The number of carbonyl (C=O) groups is 1. The lowest BCUT2D eigenvalue weighted by Crippen LogP contribution is -2.43. The Kier molecular flexibility index (Phi) is 6.94. The Labute approximate surface area is 175 Å². The quantitative estimate of drug-likeness (QED) is 0.733. The highest BCUT2D eigenvalue weighted by molar-refractivity contribution is 5.85. The third-order valence-electron chi connectivity index (χ3n) is 6.37. The molecule has 5 nitrogen and oxygen atoms in total. The van der Waals surface area contributed by atoms with Gasteiger partial charge in [-0.2, -0.15) is 13.2 Å². The summed E-state index contributed by atoms with van der Waals surface area (Å²) in [5, 5.41) is 0. The fraction of sp³-hybridized carbons (Fsp3) is 0.700. The molecule has 0 N–H and O–H groups in total. The van der Waals surface area contributed by atoms with Crippen LogP contribution in [0.3, 0.4) is 0 Å². The Bertz CT molecular complexity index is 713. The molecule has 0 spiro atoms. The Morgan fingerprint density at radius 1 is 1.03 bits per heavy atom. The highest BCUT2D eigenvalue weighted by atomic mass is 35.5. The van der Waals surface area contributed by atoms with E-state index >= 15 is 0 Å². The maximum absolute atomic E-state index is 13.0. The molecule has 29 heavy (non-hydrogen) atoms. The second-order valence-corrected chi connectivity index (χ2v) is 8.13. The van der Waals surface area contributed by atoms with Crippen LogP contribution in [0.2, 0.25) is 0 Å². The average molecular weight is 433 g/mol. The second-order valence-electron chi connectivity index (χ2n) is 8.13. The first-order valence-corrected chi connectivity index (χ1v) is 10.2. The summed E-state index contributed by atoms with van der Waals surface area (Å²) in [5.74, 6) is 0.0146. The second kappa shape index (κ2) is 9.08. The molecule has 1 saturated carbocycles. The Balaban J connectivity index is 0.00000240. The fourth-order valence-corrected chi connectivity index (χ4v) is 4.50. The monoisotopic (exact) mass is 432 g/mol. The summed E-state index contributed by atoms with van der Waals surface area (Å²) in [6.45, 7) is 4.61. The minimum Gasteiger partial charge on any atom is -0.371 e. The van der Waals surface area contributed by atoms with E-state index in [9.17, 15) is 18.0 Å². The van der Waals surface area contributed by atoms with Gasteiger partial charge in [0.1, 0.15) is 5.69 Å². The summed E-state index contributed by atoms with van der Waals surface area (Å²) >= 11 is 0. The Morgan fingerprint density at radius 3 is 2.52 bits per heavy atom. The topological polar surface area (TPSA) is 39.7 Å². The summed E-state index contributed by atoms with van der Waals surface area (Å²) < 4.78 is 38.7. The largest absolute Gasteiger partial charge is 0.433 e. The van der Waals surface area contributed by atoms with Crippen LogP contribution < -0.4 is 4.90 Å². The SMILES string of the molecule is Cl.O=C(C1CCN(c2ccnc(C(F)(F)F)c2)C1)N1CCCN(C2CCC2)CC1. The highest BCUT2D eigenvalue weighted by Crippen LogP contribution is 2.32. The number of alkyl halides is 3. The van der Waals surface area contributed by atoms with Crippen LogP contribution in [-0.2, 0) is 11.0 Å². The normalized spacial score (nSPS) is 24.0. The lowest BCUT2D eigenvalue weighted by molar-refractivity contribution is -0.141. The summed E-state index contributed by atoms with van der Waals surface area (Å²) in [6, 6.07) is 3.37. The van der Waals surface area contributed by atoms with Crippen molar-refractivity contribution in [1.82, 2.24) is 14.8 Å². The fourth-order valence-electron chi connectivity index (χ4n) is 4.50. The number of hydrogen-bond acceptors (Lipinski definition) is 4. The van der Waals surface area contributed by atoms with Crippen LogP contribution in [0, 0.1) is 5.92 Å². The van der Waals surface area contributed by atoms with Gasteiger partial charge in [0.25, 0.3) is 0 Å². The van der Waals surface area contributed by atoms with Crippen molar-refractivity contribution in [3.05, 3.63) is 24.0 Å². The van der Waals surface area contributed by atoms with E-state index in [1.807, 2.05) is 9.80 Å². The van der Waals surface area contributed by atoms with E-state index in [1.54, 1.807) is 6.07 Å². The first kappa shape index (κ1) is 22.2. The molecule has 162 valence electrons. The maximum Gasteiger partial charge on any atom is 0.433 e. The summed E-state index contributed by atoms with van der Waals surface area (Å²) in [5.41, 5.74) is -0.395. The van der Waals surface area contributed by atoms with Gasteiger partial charge in [-0.25, -0.2) is 0 Å². The van der Waals surface area contributed by atoms with Crippen LogP contribution in [0.5, 0.6) is 0 Å². The number of rotatable bonds is 3. The number of carbonyl (C=O) groups excluding carboxylic acids is 1. The lowest BCUT2D eigenvalue weighted by Gasteiger charge is -2.36. The number of hydrogen-bond donors (Lipinski definition) is 0. The Morgan fingerprint density at radius 2 is 1.83 bits per heavy atom. The van der Waals surface area contributed by atoms with Crippen LogP contribution in [0.25, 0.3) is 0 Å². The molecule has 1 aliphatic carbocycles. The van der Waals surface area contributed by atoms with E-state index in [0.29, 0.717) is 31.2 Å². The molecule has 2 aliphatic heterocycles. The number of anilines is 1. The van der Waals surface area contributed by atoms with Crippen molar-refractivity contribution in [2.75, 3.05) is 44.2 Å². The van der Waals surface area contributed by atoms with Crippen molar-refractivity contribution >= 4 is 24.0 Å². The third kappa shape index (κ3) is 4.97. The van der Waals surface area contributed by atoms with Crippen molar-refractivity contribution in [3.8, 4) is 0 Å². The van der Waals surface area contributed by atoms with Gasteiger partial charge in [0.05, 0.1) is 5.92 Å². The summed E-state index contributed by atoms with van der Waals surface area (Å²) in [4.78, 5) is 22.8. The summed E-state index contributed by atoms with van der Waals surface area (Å²) in [7, 11) is 0. The van der Waals surface area contributed by atoms with Gasteiger partial charge in [0, 0.05) is 57.2 Å². The van der Waals surface area contributed by atoms with Crippen molar-refractivity contribution < 1.29 is 18.0 Å². The molecule has 3 aliphatic rings. The minimum absolute atomic E-state index is 0. The highest BCUT2D eigenvalue weighted by Gasteiger charge is 2.36. The molecule has 1 atom stereocenters. The smallest absolute Gasteiger partial charge is 0.371 e. The van der Waals surface area contributed by atoms with E-state index in [1.165, 1.54) is 25.5 Å². The molecule has 0 bridgehead atoms. The maximum atomic E-state index is 13.0. The van der Waals surface area contributed by atoms with Crippen LogP contribution >= 0.6 is 12.4 Å². The Hall–Kier alpha value is -1.54. The third-order valence-corrected chi connectivity index (χ3v) is 6.37. The molecule has 2 saturated heterocycles. The zero-order valence-electron chi connectivity index (χ0n) is 16.4. The predicted molar refractivity (Wildman–Crippen MR) is 107 cm³/mol. The number of aromatic nitrogens is 1. The van der Waals surface area contributed by atoms with Crippen LogP contribution in [0.1, 0.15) is 37.8 Å². The van der Waals surface area contributed by atoms with Crippen molar-refractivity contribution in [3.63, 3.8) is 0 Å².